The quantitative estimate of drug-likeness (QED) is 0.786. The minimum Gasteiger partial charge on any atom is -0.491 e. The van der Waals surface area contributed by atoms with E-state index in [2.05, 4.69) is 5.32 Å². The highest BCUT2D eigenvalue weighted by Crippen LogP contribution is 2.10. The summed E-state index contributed by atoms with van der Waals surface area (Å²) in [6, 6.07) is 7.86. The van der Waals surface area contributed by atoms with Gasteiger partial charge in [-0.25, -0.2) is 4.79 Å². The third kappa shape index (κ3) is 8.92. The van der Waals surface area contributed by atoms with Crippen LogP contribution >= 0.6 is 0 Å². The van der Waals surface area contributed by atoms with Crippen molar-refractivity contribution in [2.24, 2.45) is 0 Å². The molecule has 0 radical (unpaired) electrons. The van der Waals surface area contributed by atoms with E-state index in [0.29, 0.717) is 26.4 Å². The first-order chi connectivity index (χ1) is 9.87. The summed E-state index contributed by atoms with van der Waals surface area (Å²) in [4.78, 5) is 11.3. The Labute approximate surface area is 126 Å². The number of hydrogen-bond donors (Lipinski definition) is 1. The van der Waals surface area contributed by atoms with E-state index in [1.54, 1.807) is 0 Å². The number of aryl methyl sites for hydroxylation is 1. The van der Waals surface area contributed by atoms with E-state index >= 15 is 0 Å². The number of alkyl carbamates (subject to hydrolysis) is 1. The van der Waals surface area contributed by atoms with Crippen LogP contribution in [0, 0.1) is 6.92 Å². The van der Waals surface area contributed by atoms with Crippen molar-refractivity contribution in [3.05, 3.63) is 29.8 Å². The van der Waals surface area contributed by atoms with Gasteiger partial charge in [-0.1, -0.05) is 17.7 Å². The first kappa shape index (κ1) is 17.3. The highest BCUT2D eigenvalue weighted by Gasteiger charge is 2.15. The minimum atomic E-state index is -0.479. The topological polar surface area (TPSA) is 56.8 Å². The molecule has 0 fully saturated rings. The number of nitrogens with one attached hydrogen (secondary N) is 1. The molecule has 0 spiro atoms. The van der Waals surface area contributed by atoms with Crippen LogP contribution in [0.3, 0.4) is 0 Å². The molecule has 0 bridgehead atoms. The fourth-order valence-electron chi connectivity index (χ4n) is 1.49. The molecule has 0 heterocycles. The monoisotopic (exact) mass is 295 g/mol. The van der Waals surface area contributed by atoms with Crippen molar-refractivity contribution in [3.63, 3.8) is 0 Å². The molecule has 0 saturated carbocycles. The Morgan fingerprint density at radius 3 is 2.38 bits per heavy atom. The lowest BCUT2D eigenvalue weighted by Gasteiger charge is -2.19. The molecule has 0 aliphatic heterocycles. The maximum absolute atomic E-state index is 11.3. The lowest BCUT2D eigenvalue weighted by molar-refractivity contribution is 0.0489. The first-order valence-corrected chi connectivity index (χ1v) is 7.11. The Hall–Kier alpha value is -1.75. The average Bonchev–Trinajstić information content (AvgIpc) is 2.37. The largest absolute Gasteiger partial charge is 0.491 e. The summed E-state index contributed by atoms with van der Waals surface area (Å²) < 4.78 is 16.0. The van der Waals surface area contributed by atoms with Gasteiger partial charge in [-0.15, -0.1) is 0 Å². The molecule has 1 rings (SSSR count). The number of amides is 1. The van der Waals surface area contributed by atoms with Crippen LogP contribution in [0.5, 0.6) is 5.75 Å². The van der Waals surface area contributed by atoms with Crippen LogP contribution in [-0.4, -0.2) is 38.1 Å². The van der Waals surface area contributed by atoms with Crippen LogP contribution < -0.4 is 10.1 Å². The van der Waals surface area contributed by atoms with Crippen LogP contribution in [0.25, 0.3) is 0 Å². The Kier molecular flexibility index (Phi) is 7.02. The highest BCUT2D eigenvalue weighted by atomic mass is 16.6. The molecule has 0 aliphatic carbocycles. The Balaban J connectivity index is 2.00. The van der Waals surface area contributed by atoms with Gasteiger partial charge in [0, 0.05) is 6.54 Å². The fourth-order valence-corrected chi connectivity index (χ4v) is 1.49. The van der Waals surface area contributed by atoms with Gasteiger partial charge < -0.3 is 19.5 Å². The van der Waals surface area contributed by atoms with Crippen molar-refractivity contribution >= 4 is 6.09 Å². The summed E-state index contributed by atoms with van der Waals surface area (Å²) in [5.41, 5.74) is 0.721. The van der Waals surface area contributed by atoms with Crippen LogP contribution in [0.1, 0.15) is 26.3 Å². The second-order valence-electron chi connectivity index (χ2n) is 5.70. The van der Waals surface area contributed by atoms with Gasteiger partial charge in [-0.2, -0.15) is 0 Å². The van der Waals surface area contributed by atoms with E-state index in [-0.39, 0.29) is 0 Å². The van der Waals surface area contributed by atoms with Gasteiger partial charge in [0.05, 0.1) is 13.2 Å². The number of ether oxygens (including phenoxy) is 3. The predicted octanol–water partition coefficient (Wildman–Crippen LogP) is 2.92. The predicted molar refractivity (Wildman–Crippen MR) is 81.7 cm³/mol. The molecule has 5 nitrogen and oxygen atoms in total. The van der Waals surface area contributed by atoms with Crippen molar-refractivity contribution in [1.29, 1.82) is 0 Å². The molecule has 1 aromatic carbocycles. The van der Waals surface area contributed by atoms with Gasteiger partial charge in [0.15, 0.2) is 0 Å². The molecule has 118 valence electrons. The lowest BCUT2D eigenvalue weighted by atomic mass is 10.2. The molecule has 0 unspecified atom stereocenters. The summed E-state index contributed by atoms with van der Waals surface area (Å²) in [7, 11) is 0. The Morgan fingerprint density at radius 1 is 1.10 bits per heavy atom. The Morgan fingerprint density at radius 2 is 1.76 bits per heavy atom. The van der Waals surface area contributed by atoms with Gasteiger partial charge in [0.2, 0.25) is 0 Å². The molecule has 21 heavy (non-hydrogen) atoms. The third-order valence-electron chi connectivity index (χ3n) is 2.43. The highest BCUT2D eigenvalue weighted by molar-refractivity contribution is 5.67. The molecule has 1 N–H and O–H groups in total. The van der Waals surface area contributed by atoms with Crippen molar-refractivity contribution in [3.8, 4) is 5.75 Å². The van der Waals surface area contributed by atoms with Crippen molar-refractivity contribution in [1.82, 2.24) is 5.32 Å². The van der Waals surface area contributed by atoms with Gasteiger partial charge in [0.1, 0.15) is 18.0 Å². The average molecular weight is 295 g/mol. The third-order valence-corrected chi connectivity index (χ3v) is 2.43. The van der Waals surface area contributed by atoms with E-state index in [0.717, 1.165) is 5.75 Å². The van der Waals surface area contributed by atoms with Crippen molar-refractivity contribution < 1.29 is 19.0 Å². The number of benzene rings is 1. The smallest absolute Gasteiger partial charge is 0.407 e. The van der Waals surface area contributed by atoms with Crippen LogP contribution in [0.2, 0.25) is 0 Å². The summed E-state index contributed by atoms with van der Waals surface area (Å²) in [5.74, 6) is 0.830. The maximum atomic E-state index is 11.3. The summed E-state index contributed by atoms with van der Waals surface area (Å²) in [5, 5.41) is 2.63. The molecular formula is C16H25NO4. The molecule has 1 aromatic rings. The minimum absolute atomic E-state index is 0.416. The second kappa shape index (κ2) is 8.52. The molecule has 5 heteroatoms. The number of carbonyl (C=O) groups excluding carboxylic acids is 1. The van der Waals surface area contributed by atoms with Crippen molar-refractivity contribution in [2.75, 3.05) is 26.4 Å². The zero-order valence-electron chi connectivity index (χ0n) is 13.3. The normalized spacial score (nSPS) is 11.0. The van der Waals surface area contributed by atoms with E-state index in [4.69, 9.17) is 14.2 Å². The number of rotatable bonds is 7. The van der Waals surface area contributed by atoms with E-state index in [1.165, 1.54) is 5.56 Å². The standard InChI is InChI=1S/C16H25NO4/c1-13-5-7-14(8-6-13)20-12-11-19-10-9-17-15(18)21-16(2,3)4/h5-8H,9-12H2,1-4H3,(H,17,18). The molecule has 0 aliphatic rings. The summed E-state index contributed by atoms with van der Waals surface area (Å²) in [6.45, 7) is 9.31. The molecular weight excluding hydrogens is 270 g/mol. The van der Waals surface area contributed by atoms with E-state index < -0.39 is 11.7 Å². The zero-order valence-corrected chi connectivity index (χ0v) is 13.3. The molecule has 0 atom stereocenters. The summed E-state index contributed by atoms with van der Waals surface area (Å²) in [6.07, 6.45) is -0.429. The van der Waals surface area contributed by atoms with E-state index in [1.807, 2.05) is 52.0 Å². The van der Waals surface area contributed by atoms with Crippen LogP contribution in [0.15, 0.2) is 24.3 Å². The fraction of sp³-hybridized carbons (Fsp3) is 0.562. The SMILES string of the molecule is Cc1ccc(OCCOCCNC(=O)OC(C)(C)C)cc1. The van der Waals surface area contributed by atoms with Gasteiger partial charge in [0.25, 0.3) is 0 Å². The zero-order chi connectivity index (χ0) is 15.7. The van der Waals surface area contributed by atoms with Gasteiger partial charge in [-0.3, -0.25) is 0 Å². The van der Waals surface area contributed by atoms with Crippen LogP contribution in [-0.2, 0) is 9.47 Å². The molecule has 0 saturated heterocycles. The molecule has 1 amide bonds. The van der Waals surface area contributed by atoms with Gasteiger partial charge >= 0.3 is 6.09 Å². The summed E-state index contributed by atoms with van der Waals surface area (Å²) >= 11 is 0. The van der Waals surface area contributed by atoms with E-state index in [9.17, 15) is 4.79 Å². The van der Waals surface area contributed by atoms with Crippen LogP contribution in [0.4, 0.5) is 4.79 Å². The first-order valence-electron chi connectivity index (χ1n) is 7.11. The maximum Gasteiger partial charge on any atom is 0.407 e. The number of carbonyl (C=O) groups is 1. The lowest BCUT2D eigenvalue weighted by Crippen LogP contribution is -2.34. The number of hydrogen-bond acceptors (Lipinski definition) is 4. The van der Waals surface area contributed by atoms with Gasteiger partial charge in [-0.05, 0) is 39.8 Å². The molecule has 0 aromatic heterocycles. The second-order valence-corrected chi connectivity index (χ2v) is 5.70. The Bertz CT molecular complexity index is 423. The van der Waals surface area contributed by atoms with Crippen molar-refractivity contribution in [2.45, 2.75) is 33.3 Å².